The van der Waals surface area contributed by atoms with E-state index in [1.54, 1.807) is 13.3 Å². The van der Waals surface area contributed by atoms with E-state index in [1.807, 2.05) is 11.7 Å². The van der Waals surface area contributed by atoms with Crippen LogP contribution in [0, 0.1) is 6.92 Å². The summed E-state index contributed by atoms with van der Waals surface area (Å²) in [7, 11) is 3.64. The van der Waals surface area contributed by atoms with Crippen LogP contribution in [-0.2, 0) is 7.05 Å². The quantitative estimate of drug-likeness (QED) is 0.864. The van der Waals surface area contributed by atoms with Gasteiger partial charge in [-0.2, -0.15) is 5.10 Å². The number of methoxy groups -OCH3 is 1. The van der Waals surface area contributed by atoms with E-state index in [2.05, 4.69) is 58.4 Å². The number of halogens is 1. The molecule has 1 heterocycles. The minimum absolute atomic E-state index is 0.0699. The molecule has 2 aromatic rings. The highest BCUT2D eigenvalue weighted by Gasteiger charge is 2.23. The molecule has 0 aliphatic heterocycles. The van der Waals surface area contributed by atoms with E-state index in [4.69, 9.17) is 4.74 Å². The Bertz CT molecular complexity index is 610. The lowest BCUT2D eigenvalue weighted by atomic mass is 9.98. The summed E-state index contributed by atoms with van der Waals surface area (Å²) in [6, 6.07) is 6.43. The lowest BCUT2D eigenvalue weighted by Crippen LogP contribution is -2.26. The number of aryl methyl sites for hydroxylation is 2. The standard InChI is InChI=1S/C16H22BrN3O/c1-5-8-18-15(13-7-6-12(17)9-11(13)2)16-14(21-4)10-19-20(16)3/h6-7,9-10,15,18H,5,8H2,1-4H3. The van der Waals surface area contributed by atoms with Crippen LogP contribution in [0.2, 0.25) is 0 Å². The van der Waals surface area contributed by atoms with Crippen LogP contribution in [0.5, 0.6) is 5.75 Å². The van der Waals surface area contributed by atoms with Crippen LogP contribution in [0.3, 0.4) is 0 Å². The number of rotatable bonds is 6. The van der Waals surface area contributed by atoms with Gasteiger partial charge in [0.2, 0.25) is 0 Å². The topological polar surface area (TPSA) is 39.1 Å². The molecule has 0 fully saturated rings. The molecule has 0 amide bonds. The molecular weight excluding hydrogens is 330 g/mol. The lowest BCUT2D eigenvalue weighted by molar-refractivity contribution is 0.400. The molecule has 4 nitrogen and oxygen atoms in total. The second kappa shape index (κ2) is 7.09. The van der Waals surface area contributed by atoms with Crippen LogP contribution in [0.4, 0.5) is 0 Å². The summed E-state index contributed by atoms with van der Waals surface area (Å²) in [5.74, 6) is 0.813. The van der Waals surface area contributed by atoms with Crippen molar-refractivity contribution in [3.8, 4) is 5.75 Å². The first-order valence-corrected chi connectivity index (χ1v) is 7.93. The highest BCUT2D eigenvalue weighted by atomic mass is 79.9. The van der Waals surface area contributed by atoms with Crippen molar-refractivity contribution >= 4 is 15.9 Å². The van der Waals surface area contributed by atoms with Gasteiger partial charge in [0.15, 0.2) is 5.75 Å². The molecule has 1 unspecified atom stereocenters. The van der Waals surface area contributed by atoms with Crippen molar-refractivity contribution < 1.29 is 4.74 Å². The Kier molecular flexibility index (Phi) is 5.42. The zero-order valence-corrected chi connectivity index (χ0v) is 14.6. The van der Waals surface area contributed by atoms with Crippen LogP contribution >= 0.6 is 15.9 Å². The van der Waals surface area contributed by atoms with Gasteiger partial charge < -0.3 is 10.1 Å². The molecule has 21 heavy (non-hydrogen) atoms. The Morgan fingerprint density at radius 2 is 2.19 bits per heavy atom. The molecule has 0 aliphatic rings. The Morgan fingerprint density at radius 1 is 1.43 bits per heavy atom. The fourth-order valence-corrected chi connectivity index (χ4v) is 2.99. The third kappa shape index (κ3) is 3.47. The fourth-order valence-electron chi connectivity index (χ4n) is 2.52. The van der Waals surface area contributed by atoms with Gasteiger partial charge in [0.05, 0.1) is 19.3 Å². The van der Waals surface area contributed by atoms with Gasteiger partial charge in [-0.1, -0.05) is 28.9 Å². The maximum atomic E-state index is 5.48. The Morgan fingerprint density at radius 3 is 2.81 bits per heavy atom. The summed E-state index contributed by atoms with van der Waals surface area (Å²) < 4.78 is 8.45. The molecule has 0 aliphatic carbocycles. The van der Waals surface area contributed by atoms with E-state index in [9.17, 15) is 0 Å². The first-order valence-electron chi connectivity index (χ1n) is 7.13. The van der Waals surface area contributed by atoms with Gasteiger partial charge in [-0.15, -0.1) is 0 Å². The van der Waals surface area contributed by atoms with Gasteiger partial charge in [-0.3, -0.25) is 4.68 Å². The molecule has 5 heteroatoms. The van der Waals surface area contributed by atoms with Gasteiger partial charge in [0.25, 0.3) is 0 Å². The van der Waals surface area contributed by atoms with Crippen LogP contribution in [-0.4, -0.2) is 23.4 Å². The van der Waals surface area contributed by atoms with Gasteiger partial charge in [0, 0.05) is 11.5 Å². The largest absolute Gasteiger partial charge is 0.493 e. The zero-order chi connectivity index (χ0) is 15.4. The third-order valence-electron chi connectivity index (χ3n) is 3.58. The van der Waals surface area contributed by atoms with Crippen LogP contribution in [0.25, 0.3) is 0 Å². The number of ether oxygens (including phenoxy) is 1. The summed E-state index contributed by atoms with van der Waals surface area (Å²) >= 11 is 3.53. The summed E-state index contributed by atoms with van der Waals surface area (Å²) in [6.45, 7) is 5.23. The molecule has 0 bridgehead atoms. The fraction of sp³-hybridized carbons (Fsp3) is 0.438. The van der Waals surface area contributed by atoms with Crippen LogP contribution < -0.4 is 10.1 Å². The average Bonchev–Trinajstić information content (AvgIpc) is 2.82. The normalized spacial score (nSPS) is 12.4. The van der Waals surface area contributed by atoms with E-state index < -0.39 is 0 Å². The minimum atomic E-state index is 0.0699. The molecular formula is C16H22BrN3O. The molecule has 0 radical (unpaired) electrons. The van der Waals surface area contributed by atoms with Gasteiger partial charge >= 0.3 is 0 Å². The number of nitrogens with one attached hydrogen (secondary N) is 1. The van der Waals surface area contributed by atoms with Crippen molar-refractivity contribution in [3.63, 3.8) is 0 Å². The zero-order valence-electron chi connectivity index (χ0n) is 13.0. The monoisotopic (exact) mass is 351 g/mol. The SMILES string of the molecule is CCCNC(c1ccc(Br)cc1C)c1c(OC)cnn1C. The van der Waals surface area contributed by atoms with E-state index in [1.165, 1.54) is 11.1 Å². The van der Waals surface area contributed by atoms with Crippen LogP contribution in [0.15, 0.2) is 28.9 Å². The predicted molar refractivity (Wildman–Crippen MR) is 88.8 cm³/mol. The van der Waals surface area contributed by atoms with Crippen molar-refractivity contribution in [1.82, 2.24) is 15.1 Å². The maximum absolute atomic E-state index is 5.48. The molecule has 114 valence electrons. The molecule has 2 rings (SSSR count). The van der Waals surface area contributed by atoms with Gasteiger partial charge in [0.1, 0.15) is 5.69 Å². The predicted octanol–water partition coefficient (Wildman–Crippen LogP) is 3.59. The second-order valence-corrected chi connectivity index (χ2v) is 6.03. The van der Waals surface area contributed by atoms with Crippen molar-refractivity contribution in [1.29, 1.82) is 0 Å². The number of benzene rings is 1. The Hall–Kier alpha value is -1.33. The average molecular weight is 352 g/mol. The first-order chi connectivity index (χ1) is 10.1. The van der Waals surface area contributed by atoms with Gasteiger partial charge in [-0.25, -0.2) is 0 Å². The molecule has 1 aromatic heterocycles. The number of hydrogen-bond acceptors (Lipinski definition) is 3. The second-order valence-electron chi connectivity index (χ2n) is 5.11. The highest BCUT2D eigenvalue weighted by molar-refractivity contribution is 9.10. The number of aromatic nitrogens is 2. The minimum Gasteiger partial charge on any atom is -0.493 e. The van der Waals surface area contributed by atoms with E-state index in [0.29, 0.717) is 0 Å². The van der Waals surface area contributed by atoms with Crippen molar-refractivity contribution in [2.24, 2.45) is 7.05 Å². The van der Waals surface area contributed by atoms with Crippen LogP contribution in [0.1, 0.15) is 36.2 Å². The summed E-state index contributed by atoms with van der Waals surface area (Å²) in [5, 5.41) is 7.94. The summed E-state index contributed by atoms with van der Waals surface area (Å²) in [6.07, 6.45) is 2.84. The third-order valence-corrected chi connectivity index (χ3v) is 4.08. The number of hydrogen-bond donors (Lipinski definition) is 1. The van der Waals surface area contributed by atoms with E-state index >= 15 is 0 Å². The molecule has 1 atom stereocenters. The van der Waals surface area contributed by atoms with E-state index in [0.717, 1.165) is 28.9 Å². The van der Waals surface area contributed by atoms with Crippen molar-refractivity contribution in [3.05, 3.63) is 45.7 Å². The molecule has 1 N–H and O–H groups in total. The maximum Gasteiger partial charge on any atom is 0.161 e. The molecule has 0 saturated carbocycles. The summed E-state index contributed by atoms with van der Waals surface area (Å²) in [4.78, 5) is 0. The first kappa shape index (κ1) is 16.0. The van der Waals surface area contributed by atoms with Crippen molar-refractivity contribution in [2.45, 2.75) is 26.3 Å². The lowest BCUT2D eigenvalue weighted by Gasteiger charge is -2.22. The summed E-state index contributed by atoms with van der Waals surface area (Å²) in [5.41, 5.74) is 3.53. The van der Waals surface area contributed by atoms with Crippen molar-refractivity contribution in [2.75, 3.05) is 13.7 Å². The van der Waals surface area contributed by atoms with Gasteiger partial charge in [-0.05, 0) is 43.1 Å². The molecule has 0 spiro atoms. The molecule has 1 aromatic carbocycles. The Labute approximate surface area is 134 Å². The van der Waals surface area contributed by atoms with E-state index in [-0.39, 0.29) is 6.04 Å². The highest BCUT2D eigenvalue weighted by Crippen LogP contribution is 2.32. The number of nitrogens with zero attached hydrogens (tertiary/aromatic N) is 2. The smallest absolute Gasteiger partial charge is 0.161 e. The Balaban J connectivity index is 2.49. The molecule has 0 saturated heterocycles.